The van der Waals surface area contributed by atoms with Crippen molar-refractivity contribution in [2.24, 2.45) is 0 Å². The molecular formula is C10H14N2O2. The first kappa shape index (κ1) is 10.7. The number of amides is 1. The van der Waals surface area contributed by atoms with Crippen molar-refractivity contribution in [3.63, 3.8) is 0 Å². The lowest BCUT2D eigenvalue weighted by Crippen LogP contribution is -2.35. The molecule has 2 N–H and O–H groups in total. The first-order valence-electron chi connectivity index (χ1n) is 4.47. The molecule has 4 nitrogen and oxygen atoms in total. The Labute approximate surface area is 83.0 Å². The van der Waals surface area contributed by atoms with Gasteiger partial charge in [-0.05, 0) is 25.5 Å². The molecule has 0 spiro atoms. The lowest BCUT2D eigenvalue weighted by atomic mass is 10.1. The first-order valence-corrected chi connectivity index (χ1v) is 4.47. The van der Waals surface area contributed by atoms with Crippen molar-refractivity contribution in [2.75, 3.05) is 6.61 Å². The van der Waals surface area contributed by atoms with Gasteiger partial charge in [0.2, 0.25) is 0 Å². The third-order valence-electron chi connectivity index (χ3n) is 1.94. The second kappa shape index (κ2) is 4.72. The molecule has 1 atom stereocenters. The first-order chi connectivity index (χ1) is 6.65. The molecule has 0 radical (unpaired) electrons. The third kappa shape index (κ3) is 2.53. The highest BCUT2D eigenvalue weighted by atomic mass is 16.3. The molecule has 4 heteroatoms. The van der Waals surface area contributed by atoms with Crippen LogP contribution in [0.2, 0.25) is 0 Å². The fourth-order valence-corrected chi connectivity index (χ4v) is 1.05. The number of aromatic nitrogens is 1. The van der Waals surface area contributed by atoms with Crippen LogP contribution in [0.5, 0.6) is 0 Å². The zero-order chi connectivity index (χ0) is 10.6. The van der Waals surface area contributed by atoms with E-state index in [1.807, 2.05) is 6.92 Å². The Morgan fingerprint density at radius 3 is 3.00 bits per heavy atom. The molecule has 0 aliphatic carbocycles. The van der Waals surface area contributed by atoms with Crippen molar-refractivity contribution in [3.8, 4) is 0 Å². The Morgan fingerprint density at radius 1 is 1.71 bits per heavy atom. The Hall–Kier alpha value is -1.42. The second-order valence-electron chi connectivity index (χ2n) is 3.25. The number of aliphatic hydroxyl groups excluding tert-OH is 1. The van der Waals surface area contributed by atoms with E-state index in [-0.39, 0.29) is 18.6 Å². The Balaban J connectivity index is 2.75. The zero-order valence-corrected chi connectivity index (χ0v) is 8.32. The van der Waals surface area contributed by atoms with E-state index >= 15 is 0 Å². The maximum Gasteiger partial charge on any atom is 0.253 e. The van der Waals surface area contributed by atoms with Crippen LogP contribution in [0.25, 0.3) is 0 Å². The summed E-state index contributed by atoms with van der Waals surface area (Å²) in [7, 11) is 0. The van der Waals surface area contributed by atoms with Gasteiger partial charge in [0.25, 0.3) is 5.91 Å². The van der Waals surface area contributed by atoms with Gasteiger partial charge in [-0.3, -0.25) is 9.78 Å². The SMILES string of the molecule is Cc1ccncc1C(=O)NC(C)CO. The number of aryl methyl sites for hydroxylation is 1. The van der Waals surface area contributed by atoms with E-state index in [0.717, 1.165) is 5.56 Å². The van der Waals surface area contributed by atoms with Crippen molar-refractivity contribution in [1.29, 1.82) is 0 Å². The number of rotatable bonds is 3. The molecule has 0 aliphatic heterocycles. The highest BCUT2D eigenvalue weighted by molar-refractivity contribution is 5.95. The minimum Gasteiger partial charge on any atom is -0.394 e. The topological polar surface area (TPSA) is 62.2 Å². The van der Waals surface area contributed by atoms with Crippen LogP contribution < -0.4 is 5.32 Å². The average Bonchev–Trinajstić information content (AvgIpc) is 2.18. The van der Waals surface area contributed by atoms with Crippen LogP contribution in [0.3, 0.4) is 0 Å². The fraction of sp³-hybridized carbons (Fsp3) is 0.400. The van der Waals surface area contributed by atoms with Gasteiger partial charge in [0.05, 0.1) is 12.2 Å². The summed E-state index contributed by atoms with van der Waals surface area (Å²) >= 11 is 0. The van der Waals surface area contributed by atoms with Crippen molar-refractivity contribution in [2.45, 2.75) is 19.9 Å². The molecule has 0 saturated heterocycles. The summed E-state index contributed by atoms with van der Waals surface area (Å²) in [5.74, 6) is -0.197. The predicted octanol–water partition coefficient (Wildman–Crippen LogP) is 0.501. The van der Waals surface area contributed by atoms with Crippen molar-refractivity contribution in [1.82, 2.24) is 10.3 Å². The molecule has 0 fully saturated rings. The molecule has 14 heavy (non-hydrogen) atoms. The summed E-state index contributed by atoms with van der Waals surface area (Å²) < 4.78 is 0. The van der Waals surface area contributed by atoms with E-state index < -0.39 is 0 Å². The summed E-state index contributed by atoms with van der Waals surface area (Å²) in [6.45, 7) is 3.52. The largest absolute Gasteiger partial charge is 0.394 e. The molecule has 1 unspecified atom stereocenters. The number of pyridine rings is 1. The predicted molar refractivity (Wildman–Crippen MR) is 53.0 cm³/mol. The quantitative estimate of drug-likeness (QED) is 0.736. The summed E-state index contributed by atoms with van der Waals surface area (Å²) in [6, 6.07) is 1.54. The molecule has 1 heterocycles. The average molecular weight is 194 g/mol. The van der Waals surface area contributed by atoms with Crippen LogP contribution in [0.15, 0.2) is 18.5 Å². The number of hydrogen-bond donors (Lipinski definition) is 2. The number of carbonyl (C=O) groups excluding carboxylic acids is 1. The van der Waals surface area contributed by atoms with Crippen molar-refractivity contribution < 1.29 is 9.90 Å². The van der Waals surface area contributed by atoms with Crippen LogP contribution in [0, 0.1) is 6.92 Å². The van der Waals surface area contributed by atoms with Gasteiger partial charge in [0, 0.05) is 18.4 Å². The molecule has 0 saturated carbocycles. The summed E-state index contributed by atoms with van der Waals surface area (Å²) in [4.78, 5) is 15.4. The van der Waals surface area contributed by atoms with Crippen molar-refractivity contribution >= 4 is 5.91 Å². The number of hydrogen-bond acceptors (Lipinski definition) is 3. The molecule has 1 aromatic heterocycles. The molecule has 1 aromatic rings. The van der Waals surface area contributed by atoms with Gasteiger partial charge in [-0.1, -0.05) is 0 Å². The Kier molecular flexibility index (Phi) is 3.59. The second-order valence-corrected chi connectivity index (χ2v) is 3.25. The van der Waals surface area contributed by atoms with E-state index in [1.165, 1.54) is 6.20 Å². The highest BCUT2D eigenvalue weighted by Gasteiger charge is 2.10. The van der Waals surface area contributed by atoms with Gasteiger partial charge >= 0.3 is 0 Å². The van der Waals surface area contributed by atoms with E-state index in [1.54, 1.807) is 19.2 Å². The molecule has 1 rings (SSSR count). The van der Waals surface area contributed by atoms with Gasteiger partial charge in [0.1, 0.15) is 0 Å². The molecule has 0 aliphatic rings. The molecule has 76 valence electrons. The van der Waals surface area contributed by atoms with Crippen LogP contribution in [-0.4, -0.2) is 28.6 Å². The van der Waals surface area contributed by atoms with E-state index in [9.17, 15) is 4.79 Å². The lowest BCUT2D eigenvalue weighted by molar-refractivity contribution is 0.0921. The molecular weight excluding hydrogens is 180 g/mol. The molecule has 0 bridgehead atoms. The summed E-state index contributed by atoms with van der Waals surface area (Å²) in [6.07, 6.45) is 3.16. The highest BCUT2D eigenvalue weighted by Crippen LogP contribution is 2.04. The Bertz CT molecular complexity index is 326. The number of nitrogens with zero attached hydrogens (tertiary/aromatic N) is 1. The van der Waals surface area contributed by atoms with E-state index in [0.29, 0.717) is 5.56 Å². The fourth-order valence-electron chi connectivity index (χ4n) is 1.05. The number of carbonyl (C=O) groups is 1. The van der Waals surface area contributed by atoms with Crippen LogP contribution in [-0.2, 0) is 0 Å². The van der Waals surface area contributed by atoms with Gasteiger partial charge in [0.15, 0.2) is 0 Å². The standard InChI is InChI=1S/C10H14N2O2/c1-7-3-4-11-5-9(7)10(14)12-8(2)6-13/h3-5,8,13H,6H2,1-2H3,(H,12,14). The molecule has 1 amide bonds. The van der Waals surface area contributed by atoms with Crippen molar-refractivity contribution in [3.05, 3.63) is 29.6 Å². The zero-order valence-electron chi connectivity index (χ0n) is 8.32. The minimum absolute atomic E-state index is 0.0644. The monoisotopic (exact) mass is 194 g/mol. The number of aliphatic hydroxyl groups is 1. The normalized spacial score (nSPS) is 12.2. The maximum atomic E-state index is 11.6. The smallest absolute Gasteiger partial charge is 0.253 e. The molecule has 0 aromatic carbocycles. The Morgan fingerprint density at radius 2 is 2.43 bits per heavy atom. The van der Waals surface area contributed by atoms with E-state index in [2.05, 4.69) is 10.3 Å². The van der Waals surface area contributed by atoms with Gasteiger partial charge in [-0.25, -0.2) is 0 Å². The van der Waals surface area contributed by atoms with Gasteiger partial charge in [-0.2, -0.15) is 0 Å². The van der Waals surface area contributed by atoms with Gasteiger partial charge in [-0.15, -0.1) is 0 Å². The van der Waals surface area contributed by atoms with E-state index in [4.69, 9.17) is 5.11 Å². The minimum atomic E-state index is -0.234. The lowest BCUT2D eigenvalue weighted by Gasteiger charge is -2.11. The third-order valence-corrected chi connectivity index (χ3v) is 1.94. The summed E-state index contributed by atoms with van der Waals surface area (Å²) in [5, 5.41) is 11.4. The van der Waals surface area contributed by atoms with Crippen LogP contribution >= 0.6 is 0 Å². The number of nitrogens with one attached hydrogen (secondary N) is 1. The van der Waals surface area contributed by atoms with Crippen LogP contribution in [0.4, 0.5) is 0 Å². The van der Waals surface area contributed by atoms with Crippen LogP contribution in [0.1, 0.15) is 22.8 Å². The summed E-state index contributed by atoms with van der Waals surface area (Å²) in [5.41, 5.74) is 1.43. The van der Waals surface area contributed by atoms with Gasteiger partial charge < -0.3 is 10.4 Å². The maximum absolute atomic E-state index is 11.6.